The van der Waals surface area contributed by atoms with Crippen molar-refractivity contribution in [2.45, 2.75) is 0 Å². The van der Waals surface area contributed by atoms with E-state index >= 15 is 0 Å². The van der Waals surface area contributed by atoms with Crippen LogP contribution in [0.5, 0.6) is 0 Å². The van der Waals surface area contributed by atoms with E-state index in [0.717, 1.165) is 0 Å². The van der Waals surface area contributed by atoms with Crippen molar-refractivity contribution in [3.05, 3.63) is 45.0 Å². The molecule has 0 saturated heterocycles. The van der Waals surface area contributed by atoms with E-state index in [2.05, 4.69) is 10.4 Å². The van der Waals surface area contributed by atoms with Crippen molar-refractivity contribution in [3.8, 4) is 5.69 Å². The maximum absolute atomic E-state index is 12.6. The van der Waals surface area contributed by atoms with Gasteiger partial charge in [0.1, 0.15) is 6.67 Å². The zero-order valence-electron chi connectivity index (χ0n) is 11.3. The number of aromatic nitrogens is 2. The number of anilines is 2. The smallest absolute Gasteiger partial charge is 0.282 e. The zero-order chi connectivity index (χ0) is 15.7. The van der Waals surface area contributed by atoms with Gasteiger partial charge < -0.3 is 11.1 Å². The first-order valence-corrected chi connectivity index (χ1v) is 7.73. The number of nitrogens with zero attached hydrogens (tertiary/aromatic N) is 2. The number of alkyl halides is 1. The first-order chi connectivity index (χ1) is 10.6. The lowest BCUT2D eigenvalue weighted by Crippen LogP contribution is -2.23. The highest BCUT2D eigenvalue weighted by Gasteiger charge is 2.15. The van der Waals surface area contributed by atoms with Crippen molar-refractivity contribution in [2.24, 2.45) is 0 Å². The quantitative estimate of drug-likeness (QED) is 0.767. The Hall–Kier alpha value is -2.12. The van der Waals surface area contributed by atoms with Gasteiger partial charge in [0.2, 0.25) is 0 Å². The summed E-state index contributed by atoms with van der Waals surface area (Å²) >= 11 is 7.12. The monoisotopic (exact) mass is 337 g/mol. The number of nitrogens with one attached hydrogen (secondary N) is 1. The fourth-order valence-corrected chi connectivity index (χ4v) is 3.04. The molecule has 3 aromatic rings. The first-order valence-electron chi connectivity index (χ1n) is 6.47. The number of fused-ring (bicyclic) bond motifs is 1. The van der Waals surface area contributed by atoms with Gasteiger partial charge in [0, 0.05) is 22.3 Å². The van der Waals surface area contributed by atoms with Crippen LogP contribution in [0, 0.1) is 0 Å². The molecule has 0 spiro atoms. The summed E-state index contributed by atoms with van der Waals surface area (Å²) in [6.45, 7) is -0.431. The summed E-state index contributed by atoms with van der Waals surface area (Å²) < 4.78 is 13.7. The van der Waals surface area contributed by atoms with E-state index < -0.39 is 6.67 Å². The second-order valence-electron chi connectivity index (χ2n) is 4.55. The molecule has 0 fully saturated rings. The van der Waals surface area contributed by atoms with Crippen LogP contribution in [0.15, 0.2) is 34.4 Å². The second kappa shape index (κ2) is 5.94. The molecule has 3 rings (SSSR count). The van der Waals surface area contributed by atoms with Crippen LogP contribution in [0.2, 0.25) is 5.02 Å². The number of thiophene rings is 1. The standard InChI is InChI=1S/C14H12ClFN4OS/c15-8-1-3-9(4-2-8)20-14(21)11-10(7-22-12(11)17)13(19-20)18-6-5-16/h1-4,7H,5-6,17H2,(H,18,19)/i16-1. The second-order valence-corrected chi connectivity index (χ2v) is 5.89. The molecule has 0 aliphatic rings. The Kier molecular flexibility index (Phi) is 4.00. The van der Waals surface area contributed by atoms with Crippen LogP contribution in [0.25, 0.3) is 16.5 Å². The van der Waals surface area contributed by atoms with Crippen LogP contribution in [0.1, 0.15) is 0 Å². The van der Waals surface area contributed by atoms with Gasteiger partial charge in [-0.2, -0.15) is 4.68 Å². The minimum Gasteiger partial charge on any atom is -0.390 e. The van der Waals surface area contributed by atoms with Crippen LogP contribution < -0.4 is 16.6 Å². The molecule has 3 N–H and O–H groups in total. The Labute approximate surface area is 134 Å². The van der Waals surface area contributed by atoms with Gasteiger partial charge in [0.25, 0.3) is 5.56 Å². The number of benzene rings is 1. The highest BCUT2D eigenvalue weighted by atomic mass is 35.5. The number of nitrogen functional groups attached to an aromatic ring is 1. The highest BCUT2D eigenvalue weighted by Crippen LogP contribution is 2.29. The number of rotatable bonds is 4. The van der Waals surface area contributed by atoms with Gasteiger partial charge >= 0.3 is 0 Å². The highest BCUT2D eigenvalue weighted by molar-refractivity contribution is 7.15. The van der Waals surface area contributed by atoms with Gasteiger partial charge in [-0.05, 0) is 24.3 Å². The Balaban J connectivity index is 2.25. The third kappa shape index (κ3) is 2.53. The molecule has 2 heterocycles. The summed E-state index contributed by atoms with van der Waals surface area (Å²) in [5, 5.41) is 10.9. The number of hydrogen-bond donors (Lipinski definition) is 2. The maximum Gasteiger partial charge on any atom is 0.282 e. The normalized spacial score (nSPS) is 11.0. The van der Waals surface area contributed by atoms with Gasteiger partial charge in [-0.15, -0.1) is 16.4 Å². The summed E-state index contributed by atoms with van der Waals surface area (Å²) in [5.41, 5.74) is 6.14. The van der Waals surface area contributed by atoms with E-state index in [1.54, 1.807) is 29.6 Å². The molecule has 0 saturated carbocycles. The third-order valence-corrected chi connectivity index (χ3v) is 4.20. The molecular weight excluding hydrogens is 326 g/mol. The van der Waals surface area contributed by atoms with E-state index in [9.17, 15) is 9.18 Å². The minimum absolute atomic E-state index is 0.108. The molecule has 22 heavy (non-hydrogen) atoms. The van der Waals surface area contributed by atoms with E-state index in [-0.39, 0.29) is 12.1 Å². The Bertz CT molecular complexity index is 875. The fraction of sp³-hybridized carbons (Fsp3) is 0.143. The van der Waals surface area contributed by atoms with Gasteiger partial charge in [-0.3, -0.25) is 4.79 Å². The average molecular weight is 338 g/mol. The van der Waals surface area contributed by atoms with E-state index in [1.807, 2.05) is 0 Å². The summed E-state index contributed by atoms with van der Waals surface area (Å²) in [7, 11) is 0. The summed E-state index contributed by atoms with van der Waals surface area (Å²) in [4.78, 5) is 12.6. The molecule has 2 aromatic heterocycles. The predicted molar refractivity (Wildman–Crippen MR) is 89.1 cm³/mol. The van der Waals surface area contributed by atoms with E-state index in [4.69, 9.17) is 17.3 Å². The minimum atomic E-state index is -0.539. The molecule has 114 valence electrons. The van der Waals surface area contributed by atoms with Gasteiger partial charge in [-0.25, -0.2) is 4.39 Å². The number of hydrogen-bond acceptors (Lipinski definition) is 5. The topological polar surface area (TPSA) is 72.9 Å². The van der Waals surface area contributed by atoms with Crippen molar-refractivity contribution >= 4 is 44.5 Å². The molecule has 0 radical (unpaired) electrons. The molecule has 0 aliphatic carbocycles. The largest absolute Gasteiger partial charge is 0.390 e. The summed E-state index contributed by atoms with van der Waals surface area (Å²) in [6, 6.07) is 6.70. The van der Waals surface area contributed by atoms with Gasteiger partial charge in [0.15, 0.2) is 5.82 Å². The number of halogens is 2. The SMILES string of the molecule is Nc1scc2c(NCC[18F])nn(-c3ccc(Cl)cc3)c(=O)c12. The van der Waals surface area contributed by atoms with Crippen LogP contribution in [-0.2, 0) is 0 Å². The van der Waals surface area contributed by atoms with Gasteiger partial charge in [0.05, 0.1) is 16.1 Å². The number of nitrogens with two attached hydrogens (primary N) is 1. The molecule has 0 aliphatic heterocycles. The van der Waals surface area contributed by atoms with Crippen molar-refractivity contribution < 1.29 is 4.39 Å². The lowest BCUT2D eigenvalue weighted by Gasteiger charge is -2.10. The zero-order valence-corrected chi connectivity index (χ0v) is 12.9. The fourth-order valence-electron chi connectivity index (χ4n) is 2.13. The van der Waals surface area contributed by atoms with Crippen molar-refractivity contribution in [1.82, 2.24) is 9.78 Å². The lowest BCUT2D eigenvalue weighted by molar-refractivity contribution is 0.512. The van der Waals surface area contributed by atoms with Crippen LogP contribution in [-0.4, -0.2) is 23.0 Å². The van der Waals surface area contributed by atoms with Crippen LogP contribution in [0.3, 0.4) is 0 Å². The molecule has 0 bridgehead atoms. The van der Waals surface area contributed by atoms with Gasteiger partial charge in [-0.1, -0.05) is 11.6 Å². The Morgan fingerprint density at radius 3 is 2.77 bits per heavy atom. The maximum atomic E-state index is 12.6. The Morgan fingerprint density at radius 1 is 1.36 bits per heavy atom. The molecule has 0 amide bonds. The van der Waals surface area contributed by atoms with Crippen molar-refractivity contribution in [2.75, 3.05) is 24.3 Å². The van der Waals surface area contributed by atoms with E-state index in [1.165, 1.54) is 16.0 Å². The molecule has 5 nitrogen and oxygen atoms in total. The first kappa shape index (κ1) is 14.8. The predicted octanol–water partition coefficient (Wildman–Crippen LogP) is 3.06. The third-order valence-electron chi connectivity index (χ3n) is 3.14. The van der Waals surface area contributed by atoms with Crippen LogP contribution >= 0.6 is 22.9 Å². The molecular formula is C14H12ClFN4OS. The summed E-state index contributed by atoms with van der Waals surface area (Å²) in [5.74, 6) is 0.426. The van der Waals surface area contributed by atoms with Crippen molar-refractivity contribution in [3.63, 3.8) is 0 Å². The van der Waals surface area contributed by atoms with E-state index in [0.29, 0.717) is 32.3 Å². The van der Waals surface area contributed by atoms with Crippen LogP contribution in [0.4, 0.5) is 15.2 Å². The van der Waals surface area contributed by atoms with Crippen molar-refractivity contribution in [1.29, 1.82) is 0 Å². The summed E-state index contributed by atoms with van der Waals surface area (Å²) in [6.07, 6.45) is 0. The molecule has 1 aromatic carbocycles. The average Bonchev–Trinajstić information content (AvgIpc) is 2.90. The molecule has 8 heteroatoms. The lowest BCUT2D eigenvalue weighted by atomic mass is 10.2. The molecule has 0 atom stereocenters. The Morgan fingerprint density at radius 2 is 2.09 bits per heavy atom. The molecule has 0 unspecified atom stereocenters.